The van der Waals surface area contributed by atoms with E-state index in [0.29, 0.717) is 5.69 Å². The zero-order valence-corrected chi connectivity index (χ0v) is 14.7. The van der Waals surface area contributed by atoms with Crippen molar-refractivity contribution >= 4 is 24.0 Å². The summed E-state index contributed by atoms with van der Waals surface area (Å²) < 4.78 is 15.2. The molecule has 0 aliphatic carbocycles. The van der Waals surface area contributed by atoms with Gasteiger partial charge in [-0.05, 0) is 54.4 Å². The Kier molecular flexibility index (Phi) is 5.35. The quantitative estimate of drug-likeness (QED) is 0.741. The zero-order valence-electron chi connectivity index (χ0n) is 13.9. The molecule has 0 spiro atoms. The van der Waals surface area contributed by atoms with E-state index in [2.05, 4.69) is 15.7 Å². The van der Waals surface area contributed by atoms with Gasteiger partial charge in [0.2, 0.25) is 0 Å². The second kappa shape index (κ2) is 7.68. The summed E-state index contributed by atoms with van der Waals surface area (Å²) >= 11 is 0. The standard InChI is InChI=1S/C19H17FN4O.ClH/c20-16-3-1-2-4-18(16)24-10-8-17(23-24)19(25)22-15-6-5-13-7-9-21-12-14(13)11-15;/h1-6,8,10-11,21H,7,9,12H2,(H,22,25);1H. The molecule has 1 amide bonds. The van der Waals surface area contributed by atoms with Gasteiger partial charge < -0.3 is 10.6 Å². The second-order valence-corrected chi connectivity index (χ2v) is 5.96. The molecular formula is C19H18ClFN4O. The molecule has 4 rings (SSSR count). The average molecular weight is 373 g/mol. The van der Waals surface area contributed by atoms with Crippen LogP contribution in [0.15, 0.2) is 54.7 Å². The van der Waals surface area contributed by atoms with Gasteiger partial charge in [0, 0.05) is 18.4 Å². The van der Waals surface area contributed by atoms with E-state index in [1.807, 2.05) is 18.2 Å². The van der Waals surface area contributed by atoms with Gasteiger partial charge in [0.05, 0.1) is 0 Å². The highest BCUT2D eigenvalue weighted by Gasteiger charge is 2.14. The molecule has 0 radical (unpaired) electrons. The van der Waals surface area contributed by atoms with Crippen molar-refractivity contribution < 1.29 is 9.18 Å². The van der Waals surface area contributed by atoms with Crippen molar-refractivity contribution in [2.24, 2.45) is 0 Å². The summed E-state index contributed by atoms with van der Waals surface area (Å²) in [4.78, 5) is 12.4. The number of hydrogen-bond acceptors (Lipinski definition) is 3. The first-order chi connectivity index (χ1) is 12.2. The van der Waals surface area contributed by atoms with Gasteiger partial charge in [-0.15, -0.1) is 12.4 Å². The number of carbonyl (C=O) groups excluding carboxylic acids is 1. The first-order valence-corrected chi connectivity index (χ1v) is 8.15. The van der Waals surface area contributed by atoms with Crippen LogP contribution in [0.25, 0.3) is 5.69 Å². The van der Waals surface area contributed by atoms with Crippen LogP contribution in [0.5, 0.6) is 0 Å². The van der Waals surface area contributed by atoms with Gasteiger partial charge in [-0.2, -0.15) is 5.10 Å². The Morgan fingerprint density at radius 1 is 1.15 bits per heavy atom. The van der Waals surface area contributed by atoms with E-state index in [9.17, 15) is 9.18 Å². The lowest BCUT2D eigenvalue weighted by molar-refractivity contribution is 0.102. The molecular weight excluding hydrogens is 355 g/mol. The smallest absolute Gasteiger partial charge is 0.276 e. The van der Waals surface area contributed by atoms with Crippen LogP contribution in [0.1, 0.15) is 21.6 Å². The Morgan fingerprint density at radius 2 is 2.00 bits per heavy atom. The Bertz CT molecular complexity index is 941. The minimum Gasteiger partial charge on any atom is -0.321 e. The molecule has 0 fully saturated rings. The summed E-state index contributed by atoms with van der Waals surface area (Å²) in [6.45, 7) is 1.78. The van der Waals surface area contributed by atoms with Crippen LogP contribution < -0.4 is 10.6 Å². The summed E-state index contributed by atoms with van der Waals surface area (Å²) in [6.07, 6.45) is 2.57. The van der Waals surface area contributed by atoms with Crippen LogP contribution in [-0.4, -0.2) is 22.2 Å². The number of para-hydroxylation sites is 1. The van der Waals surface area contributed by atoms with Gasteiger partial charge in [-0.25, -0.2) is 9.07 Å². The first kappa shape index (κ1) is 18.1. The lowest BCUT2D eigenvalue weighted by atomic mass is 10.0. The molecule has 0 saturated heterocycles. The van der Waals surface area contributed by atoms with Crippen LogP contribution in [0.4, 0.5) is 10.1 Å². The number of nitrogens with zero attached hydrogens (tertiary/aromatic N) is 2. The number of rotatable bonds is 3. The van der Waals surface area contributed by atoms with Gasteiger partial charge in [0.1, 0.15) is 11.5 Å². The van der Waals surface area contributed by atoms with Crippen molar-refractivity contribution in [3.05, 3.63) is 77.4 Å². The number of nitrogens with one attached hydrogen (secondary N) is 2. The number of aromatic nitrogens is 2. The summed E-state index contributed by atoms with van der Waals surface area (Å²) in [6, 6.07) is 13.8. The summed E-state index contributed by atoms with van der Waals surface area (Å²) in [5.41, 5.74) is 3.77. The molecule has 2 aromatic carbocycles. The van der Waals surface area contributed by atoms with Crippen molar-refractivity contribution in [3.63, 3.8) is 0 Å². The van der Waals surface area contributed by atoms with Gasteiger partial charge in [0.15, 0.2) is 5.69 Å². The number of hydrogen-bond donors (Lipinski definition) is 2. The third kappa shape index (κ3) is 3.61. The molecule has 7 heteroatoms. The van der Waals surface area contributed by atoms with Gasteiger partial charge >= 0.3 is 0 Å². The molecule has 1 aromatic heterocycles. The van der Waals surface area contributed by atoms with Crippen molar-refractivity contribution in [3.8, 4) is 5.69 Å². The predicted molar refractivity (Wildman–Crippen MR) is 101 cm³/mol. The van der Waals surface area contributed by atoms with Crippen LogP contribution in [0, 0.1) is 5.82 Å². The normalized spacial score (nSPS) is 12.8. The summed E-state index contributed by atoms with van der Waals surface area (Å²) in [5, 5.41) is 10.3. The number of carbonyl (C=O) groups is 1. The van der Waals surface area contributed by atoms with Crippen molar-refractivity contribution in [1.82, 2.24) is 15.1 Å². The van der Waals surface area contributed by atoms with E-state index in [4.69, 9.17) is 0 Å². The Morgan fingerprint density at radius 3 is 2.85 bits per heavy atom. The summed E-state index contributed by atoms with van der Waals surface area (Å²) in [7, 11) is 0. The number of anilines is 1. The highest BCUT2D eigenvalue weighted by Crippen LogP contribution is 2.19. The fraction of sp³-hybridized carbons (Fsp3) is 0.158. The average Bonchev–Trinajstić information content (AvgIpc) is 3.12. The number of benzene rings is 2. The third-order valence-corrected chi connectivity index (χ3v) is 4.27. The van der Waals surface area contributed by atoms with Gasteiger partial charge in [0.25, 0.3) is 5.91 Å². The fourth-order valence-corrected chi connectivity index (χ4v) is 2.97. The van der Waals surface area contributed by atoms with Crippen molar-refractivity contribution in [2.45, 2.75) is 13.0 Å². The largest absolute Gasteiger partial charge is 0.321 e. The SMILES string of the molecule is Cl.O=C(Nc1ccc2c(c1)CNCC2)c1ccn(-c2ccccc2F)n1. The molecule has 0 saturated carbocycles. The third-order valence-electron chi connectivity index (χ3n) is 4.27. The lowest BCUT2D eigenvalue weighted by Crippen LogP contribution is -2.23. The van der Waals surface area contributed by atoms with E-state index in [0.717, 1.165) is 25.2 Å². The lowest BCUT2D eigenvalue weighted by Gasteiger charge is -2.17. The highest BCUT2D eigenvalue weighted by atomic mass is 35.5. The molecule has 134 valence electrons. The molecule has 0 unspecified atom stereocenters. The minimum atomic E-state index is -0.389. The van der Waals surface area contributed by atoms with Crippen molar-refractivity contribution in [2.75, 3.05) is 11.9 Å². The van der Waals surface area contributed by atoms with E-state index < -0.39 is 0 Å². The summed E-state index contributed by atoms with van der Waals surface area (Å²) in [5.74, 6) is -0.710. The Labute approximate surface area is 156 Å². The van der Waals surface area contributed by atoms with Crippen molar-refractivity contribution in [1.29, 1.82) is 0 Å². The maximum Gasteiger partial charge on any atom is 0.276 e. The highest BCUT2D eigenvalue weighted by molar-refractivity contribution is 6.02. The maximum absolute atomic E-state index is 13.8. The fourth-order valence-electron chi connectivity index (χ4n) is 2.97. The predicted octanol–water partition coefficient (Wildman–Crippen LogP) is 3.33. The first-order valence-electron chi connectivity index (χ1n) is 8.15. The molecule has 3 aromatic rings. The van der Waals surface area contributed by atoms with Crippen LogP contribution in [-0.2, 0) is 13.0 Å². The van der Waals surface area contributed by atoms with E-state index >= 15 is 0 Å². The topological polar surface area (TPSA) is 59.0 Å². The molecule has 26 heavy (non-hydrogen) atoms. The van der Waals surface area contributed by atoms with Crippen LogP contribution >= 0.6 is 12.4 Å². The molecule has 5 nitrogen and oxygen atoms in total. The van der Waals surface area contributed by atoms with E-state index in [-0.39, 0.29) is 29.8 Å². The van der Waals surface area contributed by atoms with Gasteiger partial charge in [-0.3, -0.25) is 4.79 Å². The zero-order chi connectivity index (χ0) is 17.2. The van der Waals surface area contributed by atoms with E-state index in [1.165, 1.54) is 21.9 Å². The molecule has 0 bridgehead atoms. The molecule has 1 aliphatic rings. The Hall–Kier alpha value is -2.70. The number of fused-ring (bicyclic) bond motifs is 1. The maximum atomic E-state index is 13.8. The molecule has 0 atom stereocenters. The Balaban J connectivity index is 0.00000196. The van der Waals surface area contributed by atoms with E-state index in [1.54, 1.807) is 30.5 Å². The number of amides is 1. The van der Waals surface area contributed by atoms with Crippen LogP contribution in [0.2, 0.25) is 0 Å². The minimum absolute atomic E-state index is 0. The number of halogens is 2. The molecule has 2 N–H and O–H groups in total. The van der Waals surface area contributed by atoms with Gasteiger partial charge in [-0.1, -0.05) is 18.2 Å². The molecule has 1 aliphatic heterocycles. The monoisotopic (exact) mass is 372 g/mol. The second-order valence-electron chi connectivity index (χ2n) is 5.96. The molecule has 2 heterocycles. The van der Waals surface area contributed by atoms with Crippen LogP contribution in [0.3, 0.4) is 0 Å².